The monoisotopic (exact) mass is 159 g/mol. The Hall–Kier alpha value is -1.26. The van der Waals surface area contributed by atoms with Crippen LogP contribution in [0, 0.1) is 5.92 Å². The second-order valence-electron chi connectivity index (χ2n) is 2.33. The molecule has 0 aromatic rings. The van der Waals surface area contributed by atoms with Gasteiger partial charge in [0.05, 0.1) is 5.92 Å². The molecule has 0 saturated heterocycles. The number of nitrogens with zero attached hydrogens (tertiary/aromatic N) is 1. The fraction of sp³-hybridized carbons (Fsp3) is 0.667. The van der Waals surface area contributed by atoms with E-state index in [-0.39, 0.29) is 5.96 Å². The molecule has 0 rings (SSSR count). The van der Waals surface area contributed by atoms with E-state index in [1.165, 1.54) is 0 Å². The molecule has 0 bridgehead atoms. The van der Waals surface area contributed by atoms with E-state index in [1.807, 2.05) is 0 Å². The number of carboxylic acids is 1. The molecule has 0 aliphatic heterocycles. The Labute approximate surface area is 65.1 Å². The molecule has 0 aromatic heterocycles. The number of carbonyl (C=O) groups is 1. The lowest BCUT2D eigenvalue weighted by atomic mass is 10.1. The van der Waals surface area contributed by atoms with Gasteiger partial charge in [0, 0.05) is 6.54 Å². The molecule has 0 fully saturated rings. The van der Waals surface area contributed by atoms with E-state index in [4.69, 9.17) is 16.6 Å². The number of hydrogen-bond donors (Lipinski definition) is 3. The van der Waals surface area contributed by atoms with E-state index in [0.717, 1.165) is 0 Å². The third-order valence-corrected chi connectivity index (χ3v) is 1.28. The van der Waals surface area contributed by atoms with E-state index in [0.29, 0.717) is 13.0 Å². The highest BCUT2D eigenvalue weighted by Gasteiger charge is 2.08. The molecular formula is C6H13N3O2. The van der Waals surface area contributed by atoms with E-state index >= 15 is 0 Å². The molecule has 0 heterocycles. The minimum atomic E-state index is -0.823. The van der Waals surface area contributed by atoms with Gasteiger partial charge in [0.2, 0.25) is 0 Å². The van der Waals surface area contributed by atoms with Crippen molar-refractivity contribution in [3.05, 3.63) is 0 Å². The first-order valence-electron chi connectivity index (χ1n) is 3.32. The normalized spacial score (nSPS) is 12.1. The molecule has 0 aromatic carbocycles. The van der Waals surface area contributed by atoms with E-state index in [1.54, 1.807) is 6.92 Å². The van der Waals surface area contributed by atoms with Crippen LogP contribution in [0.2, 0.25) is 0 Å². The van der Waals surface area contributed by atoms with E-state index < -0.39 is 11.9 Å². The minimum Gasteiger partial charge on any atom is -0.481 e. The van der Waals surface area contributed by atoms with E-state index in [9.17, 15) is 4.79 Å². The number of hydrogen-bond acceptors (Lipinski definition) is 2. The van der Waals surface area contributed by atoms with Crippen LogP contribution < -0.4 is 11.5 Å². The molecule has 0 spiro atoms. The Bertz CT molecular complexity index is 163. The molecule has 0 aliphatic rings. The standard InChI is InChI=1S/C6H13N3O2/c1-4(5(10)11)2-3-9-6(7)8/h4H,2-3H2,1H3,(H,10,11)(H4,7,8,9)/t4-/m1/s1. The summed E-state index contributed by atoms with van der Waals surface area (Å²) in [5, 5.41) is 8.44. The maximum absolute atomic E-state index is 10.3. The zero-order valence-electron chi connectivity index (χ0n) is 6.45. The number of rotatable bonds is 4. The highest BCUT2D eigenvalue weighted by atomic mass is 16.4. The van der Waals surface area contributed by atoms with Crippen LogP contribution in [0.3, 0.4) is 0 Å². The fourth-order valence-electron chi connectivity index (χ4n) is 0.511. The minimum absolute atomic E-state index is 0.00240. The van der Waals surface area contributed by atoms with Crippen LogP contribution in [0.5, 0.6) is 0 Å². The molecule has 64 valence electrons. The van der Waals surface area contributed by atoms with E-state index in [2.05, 4.69) is 4.99 Å². The smallest absolute Gasteiger partial charge is 0.306 e. The molecule has 11 heavy (non-hydrogen) atoms. The molecule has 0 saturated carbocycles. The van der Waals surface area contributed by atoms with Crippen LogP contribution in [0.25, 0.3) is 0 Å². The lowest BCUT2D eigenvalue weighted by molar-refractivity contribution is -0.141. The predicted octanol–water partition coefficient (Wildman–Crippen LogP) is -0.629. The maximum Gasteiger partial charge on any atom is 0.306 e. The topological polar surface area (TPSA) is 102 Å². The maximum atomic E-state index is 10.3. The molecule has 5 heteroatoms. The van der Waals surface area contributed by atoms with Crippen LogP contribution in [-0.4, -0.2) is 23.6 Å². The summed E-state index contributed by atoms with van der Waals surface area (Å²) in [6, 6.07) is 0. The van der Waals surface area contributed by atoms with Gasteiger partial charge in [-0.15, -0.1) is 0 Å². The summed E-state index contributed by atoms with van der Waals surface area (Å²) in [5.74, 6) is -1.21. The van der Waals surface area contributed by atoms with Gasteiger partial charge in [-0.25, -0.2) is 0 Å². The molecule has 5 N–H and O–H groups in total. The third-order valence-electron chi connectivity index (χ3n) is 1.28. The van der Waals surface area contributed by atoms with Crippen molar-refractivity contribution < 1.29 is 9.90 Å². The van der Waals surface area contributed by atoms with Crippen LogP contribution in [-0.2, 0) is 4.79 Å². The molecule has 0 unspecified atom stereocenters. The Morgan fingerprint density at radius 1 is 1.64 bits per heavy atom. The average molecular weight is 159 g/mol. The summed E-state index contributed by atoms with van der Waals surface area (Å²) in [5.41, 5.74) is 10.1. The second kappa shape index (κ2) is 4.54. The van der Waals surface area contributed by atoms with Crippen LogP contribution in [0.15, 0.2) is 4.99 Å². The quantitative estimate of drug-likeness (QED) is 0.375. The van der Waals surface area contributed by atoms with Gasteiger partial charge in [-0.2, -0.15) is 0 Å². The summed E-state index contributed by atoms with van der Waals surface area (Å²) in [7, 11) is 0. The number of carboxylic acid groups (broad SMARTS) is 1. The number of aliphatic imine (C=N–C) groups is 1. The van der Waals surface area contributed by atoms with Crippen LogP contribution in [0.1, 0.15) is 13.3 Å². The molecule has 0 amide bonds. The number of guanidine groups is 1. The van der Waals surface area contributed by atoms with Gasteiger partial charge in [0.15, 0.2) is 5.96 Å². The zero-order chi connectivity index (χ0) is 8.85. The largest absolute Gasteiger partial charge is 0.481 e. The third kappa shape index (κ3) is 5.20. The van der Waals surface area contributed by atoms with Gasteiger partial charge in [-0.3, -0.25) is 9.79 Å². The van der Waals surface area contributed by atoms with Crippen molar-refractivity contribution in [2.75, 3.05) is 6.54 Å². The van der Waals surface area contributed by atoms with Crippen molar-refractivity contribution in [1.82, 2.24) is 0 Å². The first kappa shape index (κ1) is 9.74. The van der Waals surface area contributed by atoms with Crippen molar-refractivity contribution in [1.29, 1.82) is 0 Å². The first-order valence-corrected chi connectivity index (χ1v) is 3.32. The number of aliphatic carboxylic acids is 1. The van der Waals surface area contributed by atoms with Crippen molar-refractivity contribution in [3.8, 4) is 0 Å². The Kier molecular flexibility index (Phi) is 4.02. The molecule has 0 radical (unpaired) electrons. The lowest BCUT2D eigenvalue weighted by Gasteiger charge is -2.01. The Balaban J connectivity index is 3.55. The summed E-state index contributed by atoms with van der Waals surface area (Å²) in [6.45, 7) is 1.99. The molecular weight excluding hydrogens is 146 g/mol. The van der Waals surface area contributed by atoms with Gasteiger partial charge >= 0.3 is 5.97 Å². The van der Waals surface area contributed by atoms with Gasteiger partial charge in [0.25, 0.3) is 0 Å². The molecule has 5 nitrogen and oxygen atoms in total. The highest BCUT2D eigenvalue weighted by Crippen LogP contribution is 2.00. The van der Waals surface area contributed by atoms with Gasteiger partial charge in [0.1, 0.15) is 0 Å². The molecule has 1 atom stereocenters. The van der Waals surface area contributed by atoms with Crippen molar-refractivity contribution in [3.63, 3.8) is 0 Å². The van der Waals surface area contributed by atoms with Gasteiger partial charge < -0.3 is 16.6 Å². The van der Waals surface area contributed by atoms with Crippen molar-refractivity contribution >= 4 is 11.9 Å². The predicted molar refractivity (Wildman–Crippen MR) is 42.1 cm³/mol. The zero-order valence-corrected chi connectivity index (χ0v) is 6.45. The average Bonchev–Trinajstić information content (AvgIpc) is 1.86. The summed E-state index contributed by atoms with van der Waals surface area (Å²) >= 11 is 0. The number of nitrogens with two attached hydrogens (primary N) is 2. The van der Waals surface area contributed by atoms with Crippen molar-refractivity contribution in [2.24, 2.45) is 22.4 Å². The first-order chi connectivity index (χ1) is 5.04. The summed E-state index contributed by atoms with van der Waals surface area (Å²) in [6.07, 6.45) is 0.466. The SMILES string of the molecule is C[C@H](CCN=C(N)N)C(=O)O. The summed E-state index contributed by atoms with van der Waals surface area (Å²) in [4.78, 5) is 13.9. The lowest BCUT2D eigenvalue weighted by Crippen LogP contribution is -2.23. The fourth-order valence-corrected chi connectivity index (χ4v) is 0.511. The van der Waals surface area contributed by atoms with Gasteiger partial charge in [-0.05, 0) is 6.42 Å². The highest BCUT2D eigenvalue weighted by molar-refractivity contribution is 5.75. The Morgan fingerprint density at radius 3 is 2.55 bits per heavy atom. The molecule has 0 aliphatic carbocycles. The van der Waals surface area contributed by atoms with Crippen LogP contribution in [0.4, 0.5) is 0 Å². The van der Waals surface area contributed by atoms with Gasteiger partial charge in [-0.1, -0.05) is 6.92 Å². The Morgan fingerprint density at radius 2 is 2.18 bits per heavy atom. The summed E-state index contributed by atoms with van der Waals surface area (Å²) < 4.78 is 0. The van der Waals surface area contributed by atoms with Crippen molar-refractivity contribution in [2.45, 2.75) is 13.3 Å². The second-order valence-corrected chi connectivity index (χ2v) is 2.33. The van der Waals surface area contributed by atoms with Crippen LogP contribution >= 0.6 is 0 Å².